The van der Waals surface area contributed by atoms with Crippen LogP contribution < -0.4 is 15.0 Å². The van der Waals surface area contributed by atoms with Crippen LogP contribution in [0.1, 0.15) is 36.4 Å². The van der Waals surface area contributed by atoms with Crippen LogP contribution in [0.3, 0.4) is 0 Å². The van der Waals surface area contributed by atoms with Crippen molar-refractivity contribution in [3.05, 3.63) is 102 Å². The van der Waals surface area contributed by atoms with E-state index in [0.29, 0.717) is 39.8 Å². The van der Waals surface area contributed by atoms with Crippen LogP contribution in [0.25, 0.3) is 10.9 Å². The van der Waals surface area contributed by atoms with E-state index in [1.165, 1.54) is 17.0 Å². The molecule has 1 heterocycles. The third-order valence-electron chi connectivity index (χ3n) is 5.58. The molecule has 0 atom stereocenters. The Morgan fingerprint density at radius 1 is 1.18 bits per heavy atom. The Morgan fingerprint density at radius 3 is 2.68 bits per heavy atom. The second-order valence-electron chi connectivity index (χ2n) is 8.02. The minimum absolute atomic E-state index is 0.0638. The van der Waals surface area contributed by atoms with Gasteiger partial charge in [0.2, 0.25) is 5.75 Å². The Hall–Kier alpha value is -4.56. The Morgan fingerprint density at radius 2 is 1.97 bits per heavy atom. The molecule has 0 N–H and O–H groups in total. The van der Waals surface area contributed by atoms with E-state index in [1.54, 1.807) is 55.5 Å². The summed E-state index contributed by atoms with van der Waals surface area (Å²) in [5.74, 6) is 0.517. The molecule has 38 heavy (non-hydrogen) atoms. The van der Waals surface area contributed by atoms with Gasteiger partial charge in [0.25, 0.3) is 5.56 Å². The van der Waals surface area contributed by atoms with E-state index in [0.717, 1.165) is 4.47 Å². The lowest BCUT2D eigenvalue weighted by Crippen LogP contribution is -2.22. The molecule has 0 radical (unpaired) electrons. The summed E-state index contributed by atoms with van der Waals surface area (Å²) >= 11 is 3.37. The zero-order valence-electron chi connectivity index (χ0n) is 20.6. The van der Waals surface area contributed by atoms with Crippen molar-refractivity contribution in [2.75, 3.05) is 6.61 Å². The molecule has 11 heteroatoms. The SMILES string of the molecule is CCOc1cc(C=Nn2c(CC)nc3ccc(Br)cc3c2=O)cc([N+](=O)[O-])c1OCc1ccccc1C#N. The van der Waals surface area contributed by atoms with Gasteiger partial charge in [0.15, 0.2) is 5.75 Å². The molecule has 1 aromatic heterocycles. The number of nitro groups is 1. The molecule has 10 nitrogen and oxygen atoms in total. The molecule has 0 fully saturated rings. The van der Waals surface area contributed by atoms with Crippen LogP contribution in [0.5, 0.6) is 11.5 Å². The summed E-state index contributed by atoms with van der Waals surface area (Å²) in [5, 5.41) is 26.0. The molecule has 0 saturated carbocycles. The predicted molar refractivity (Wildman–Crippen MR) is 146 cm³/mol. The van der Waals surface area contributed by atoms with Crippen molar-refractivity contribution in [1.82, 2.24) is 9.66 Å². The van der Waals surface area contributed by atoms with Gasteiger partial charge in [-0.15, -0.1) is 0 Å². The fourth-order valence-corrected chi connectivity index (χ4v) is 4.16. The summed E-state index contributed by atoms with van der Waals surface area (Å²) in [6.07, 6.45) is 1.79. The van der Waals surface area contributed by atoms with Crippen molar-refractivity contribution in [3.63, 3.8) is 0 Å². The van der Waals surface area contributed by atoms with Crippen LogP contribution in [0, 0.1) is 21.4 Å². The number of aryl methyl sites for hydroxylation is 1. The van der Waals surface area contributed by atoms with E-state index in [1.807, 2.05) is 6.92 Å². The maximum atomic E-state index is 13.2. The van der Waals surface area contributed by atoms with Gasteiger partial charge in [0, 0.05) is 28.1 Å². The molecule has 192 valence electrons. The van der Waals surface area contributed by atoms with Crippen molar-refractivity contribution >= 4 is 38.7 Å². The van der Waals surface area contributed by atoms with E-state index in [4.69, 9.17) is 9.47 Å². The summed E-state index contributed by atoms with van der Waals surface area (Å²) in [6.45, 7) is 3.76. The lowest BCUT2D eigenvalue weighted by molar-refractivity contribution is -0.386. The van der Waals surface area contributed by atoms with Gasteiger partial charge >= 0.3 is 5.69 Å². The first kappa shape index (κ1) is 26.5. The topological polar surface area (TPSA) is 133 Å². The first-order valence-corrected chi connectivity index (χ1v) is 12.5. The molecule has 4 aromatic rings. The first-order valence-electron chi connectivity index (χ1n) is 11.7. The molecule has 3 aromatic carbocycles. The quantitative estimate of drug-likeness (QED) is 0.149. The minimum Gasteiger partial charge on any atom is -0.490 e. The highest BCUT2D eigenvalue weighted by atomic mass is 79.9. The Kier molecular flexibility index (Phi) is 8.13. The van der Waals surface area contributed by atoms with Gasteiger partial charge < -0.3 is 9.47 Å². The third-order valence-corrected chi connectivity index (χ3v) is 6.07. The zero-order chi connectivity index (χ0) is 27.2. The Bertz CT molecular complexity index is 1660. The predicted octanol–water partition coefficient (Wildman–Crippen LogP) is 5.36. The molecule has 0 amide bonds. The van der Waals surface area contributed by atoms with Crippen LogP contribution in [-0.4, -0.2) is 27.4 Å². The Labute approximate surface area is 226 Å². The number of nitro benzene ring substituents is 1. The highest BCUT2D eigenvalue weighted by Crippen LogP contribution is 2.39. The number of benzene rings is 3. The number of hydrogen-bond donors (Lipinski definition) is 0. The van der Waals surface area contributed by atoms with Gasteiger partial charge in [0.05, 0.1) is 40.3 Å². The fourth-order valence-electron chi connectivity index (χ4n) is 3.80. The molecule has 0 unspecified atom stereocenters. The average molecular weight is 576 g/mol. The van der Waals surface area contributed by atoms with Gasteiger partial charge in [-0.2, -0.15) is 15.0 Å². The van der Waals surface area contributed by atoms with E-state index >= 15 is 0 Å². The summed E-state index contributed by atoms with van der Waals surface area (Å²) in [7, 11) is 0. The van der Waals surface area contributed by atoms with Crippen LogP contribution >= 0.6 is 15.9 Å². The first-order chi connectivity index (χ1) is 18.4. The lowest BCUT2D eigenvalue weighted by atomic mass is 10.1. The fraction of sp³-hybridized carbons (Fsp3) is 0.185. The van der Waals surface area contributed by atoms with Gasteiger partial charge in [-0.1, -0.05) is 41.1 Å². The smallest absolute Gasteiger partial charge is 0.315 e. The molecule has 0 aliphatic rings. The Balaban J connectivity index is 1.76. The average Bonchev–Trinajstić information content (AvgIpc) is 2.92. The van der Waals surface area contributed by atoms with Crippen molar-refractivity contribution in [2.24, 2.45) is 5.10 Å². The molecular formula is C27H22BrN5O5. The lowest BCUT2D eigenvalue weighted by Gasteiger charge is -2.14. The van der Waals surface area contributed by atoms with Gasteiger partial charge in [0.1, 0.15) is 12.4 Å². The molecule has 4 rings (SSSR count). The highest BCUT2D eigenvalue weighted by Gasteiger charge is 2.23. The number of ether oxygens (including phenoxy) is 2. The molecule has 0 saturated heterocycles. The molecule has 0 spiro atoms. The maximum Gasteiger partial charge on any atom is 0.315 e. The molecule has 0 aliphatic heterocycles. The third kappa shape index (κ3) is 5.55. The van der Waals surface area contributed by atoms with Crippen molar-refractivity contribution in [1.29, 1.82) is 5.26 Å². The van der Waals surface area contributed by atoms with Gasteiger partial charge in [-0.25, -0.2) is 4.98 Å². The van der Waals surface area contributed by atoms with Crippen LogP contribution in [0.15, 0.2) is 69.0 Å². The van der Waals surface area contributed by atoms with Crippen LogP contribution in [0.4, 0.5) is 5.69 Å². The van der Waals surface area contributed by atoms with E-state index in [-0.39, 0.29) is 36.0 Å². The number of aromatic nitrogens is 2. The number of hydrogen-bond acceptors (Lipinski definition) is 8. The summed E-state index contributed by atoms with van der Waals surface area (Å²) in [6, 6.07) is 17.0. The standard InChI is InChI=1S/C27H22BrN5O5/c1-3-25-31-22-10-9-20(28)13-21(22)27(34)32(25)30-15-17-11-23(33(35)36)26(24(12-17)37-4-2)38-16-19-8-6-5-7-18(19)14-29/h5-13,15H,3-4,16H2,1-2H3. The second-order valence-corrected chi connectivity index (χ2v) is 8.94. The normalized spacial score (nSPS) is 11.0. The minimum atomic E-state index is -0.579. The molecule has 0 aliphatic carbocycles. The van der Waals surface area contributed by atoms with E-state index in [2.05, 4.69) is 32.1 Å². The van der Waals surface area contributed by atoms with Crippen molar-refractivity contribution < 1.29 is 14.4 Å². The maximum absolute atomic E-state index is 13.2. The van der Waals surface area contributed by atoms with Crippen molar-refractivity contribution in [3.8, 4) is 17.6 Å². The van der Waals surface area contributed by atoms with Crippen LogP contribution in [0.2, 0.25) is 0 Å². The van der Waals surface area contributed by atoms with E-state index in [9.17, 15) is 20.2 Å². The summed E-state index contributed by atoms with van der Waals surface area (Å²) in [4.78, 5) is 29.1. The van der Waals surface area contributed by atoms with Gasteiger partial charge in [-0.05, 0) is 37.3 Å². The number of halogens is 1. The zero-order valence-corrected chi connectivity index (χ0v) is 22.1. The number of nitrogens with zero attached hydrogens (tertiary/aromatic N) is 5. The number of nitriles is 1. The van der Waals surface area contributed by atoms with Crippen molar-refractivity contribution in [2.45, 2.75) is 26.9 Å². The van der Waals surface area contributed by atoms with E-state index < -0.39 is 4.92 Å². The second kappa shape index (κ2) is 11.7. The monoisotopic (exact) mass is 575 g/mol. The van der Waals surface area contributed by atoms with Crippen LogP contribution in [-0.2, 0) is 13.0 Å². The largest absolute Gasteiger partial charge is 0.490 e. The summed E-state index contributed by atoms with van der Waals surface area (Å²) < 4.78 is 13.4. The molecule has 0 bridgehead atoms. The number of rotatable bonds is 9. The highest BCUT2D eigenvalue weighted by molar-refractivity contribution is 9.10. The summed E-state index contributed by atoms with van der Waals surface area (Å²) in [5.41, 5.74) is 1.17. The van der Waals surface area contributed by atoms with Gasteiger partial charge in [-0.3, -0.25) is 14.9 Å². The molecular weight excluding hydrogens is 554 g/mol. The number of fused-ring (bicyclic) bond motifs is 1.